The van der Waals surface area contributed by atoms with Crippen molar-refractivity contribution in [1.82, 2.24) is 4.98 Å². The van der Waals surface area contributed by atoms with E-state index in [1.807, 2.05) is 6.07 Å². The fourth-order valence-electron chi connectivity index (χ4n) is 1.65. The van der Waals surface area contributed by atoms with Crippen LogP contribution < -0.4 is 10.1 Å². The summed E-state index contributed by atoms with van der Waals surface area (Å²) in [5.74, 6) is -0.0505. The van der Waals surface area contributed by atoms with Gasteiger partial charge in [0.1, 0.15) is 17.0 Å². The van der Waals surface area contributed by atoms with Crippen LogP contribution in [-0.4, -0.2) is 10.6 Å². The molecule has 1 heterocycles. The second-order valence-corrected chi connectivity index (χ2v) is 5.02. The highest BCUT2D eigenvalue weighted by Gasteiger charge is 2.27. The van der Waals surface area contributed by atoms with E-state index in [1.165, 1.54) is 12.1 Å². The van der Waals surface area contributed by atoms with E-state index >= 15 is 0 Å². The van der Waals surface area contributed by atoms with Crippen molar-refractivity contribution in [1.29, 1.82) is 5.26 Å². The lowest BCUT2D eigenvalue weighted by Crippen LogP contribution is -2.15. The maximum absolute atomic E-state index is 12.5. The van der Waals surface area contributed by atoms with Gasteiger partial charge in [-0.25, -0.2) is 4.98 Å². The van der Waals surface area contributed by atoms with Crippen molar-refractivity contribution in [2.24, 2.45) is 0 Å². The Labute approximate surface area is 135 Å². The summed E-state index contributed by atoms with van der Waals surface area (Å²) in [5, 5.41) is 12.1. The fraction of sp³-hybridized carbons (Fsp3) is 0.143. The van der Waals surface area contributed by atoms with Crippen molar-refractivity contribution in [2.75, 3.05) is 5.32 Å². The third-order valence-electron chi connectivity index (χ3n) is 2.60. The van der Waals surface area contributed by atoms with Gasteiger partial charge in [0.05, 0.1) is 5.56 Å². The molecule has 0 aliphatic rings. The Bertz CT molecular complexity index is 697. The molecular formula is C14H9Cl2F2N3O. The van der Waals surface area contributed by atoms with E-state index in [9.17, 15) is 8.78 Å². The first-order valence-corrected chi connectivity index (χ1v) is 6.77. The van der Waals surface area contributed by atoms with Crippen molar-refractivity contribution in [3.63, 3.8) is 0 Å². The number of halogens is 4. The van der Waals surface area contributed by atoms with Gasteiger partial charge in [-0.1, -0.05) is 11.6 Å². The van der Waals surface area contributed by atoms with Gasteiger partial charge in [-0.15, -0.1) is 8.78 Å². The standard InChI is InChI=1S/C14H9Cl2F2N3O/c15-13-10(6-19)5-9(8-21-13)7-20-11-1-3-12(4-2-11)22-14(16,17)18/h1-5,8,20H,7H2. The van der Waals surface area contributed by atoms with Crippen LogP contribution in [0.5, 0.6) is 5.75 Å². The van der Waals surface area contributed by atoms with Crippen LogP contribution in [0.3, 0.4) is 0 Å². The summed E-state index contributed by atoms with van der Waals surface area (Å²) in [4.78, 5) is 3.90. The van der Waals surface area contributed by atoms with Crippen molar-refractivity contribution >= 4 is 28.9 Å². The van der Waals surface area contributed by atoms with E-state index in [2.05, 4.69) is 26.6 Å². The fourth-order valence-corrected chi connectivity index (χ4v) is 1.88. The lowest BCUT2D eigenvalue weighted by molar-refractivity contribution is -0.0964. The average Bonchev–Trinajstić information content (AvgIpc) is 2.46. The maximum atomic E-state index is 12.5. The Morgan fingerprint density at radius 3 is 2.59 bits per heavy atom. The summed E-state index contributed by atoms with van der Waals surface area (Å²) in [5.41, 5.74) is -2.02. The Morgan fingerprint density at radius 1 is 1.32 bits per heavy atom. The van der Waals surface area contributed by atoms with Crippen LogP contribution in [0, 0.1) is 11.3 Å². The maximum Gasteiger partial charge on any atom is 0.487 e. The van der Waals surface area contributed by atoms with Crippen molar-refractivity contribution in [3.05, 3.63) is 52.8 Å². The van der Waals surface area contributed by atoms with Crippen molar-refractivity contribution in [2.45, 2.75) is 12.1 Å². The lowest BCUT2D eigenvalue weighted by atomic mass is 10.2. The Kier molecular flexibility index (Phi) is 5.01. The minimum Gasteiger partial charge on any atom is -0.420 e. The summed E-state index contributed by atoms with van der Waals surface area (Å²) in [7, 11) is 0. The molecule has 0 bridgehead atoms. The molecule has 2 rings (SSSR count). The molecule has 0 atom stereocenters. The minimum atomic E-state index is -3.74. The highest BCUT2D eigenvalue weighted by atomic mass is 35.5. The molecule has 0 amide bonds. The molecule has 0 saturated heterocycles. The van der Waals surface area contributed by atoms with E-state index in [0.717, 1.165) is 5.56 Å². The molecule has 0 radical (unpaired) electrons. The third-order valence-corrected chi connectivity index (χ3v) is 2.98. The average molecular weight is 344 g/mol. The highest BCUT2D eigenvalue weighted by molar-refractivity contribution is 6.30. The number of ether oxygens (including phenoxy) is 1. The van der Waals surface area contributed by atoms with Gasteiger partial charge in [-0.2, -0.15) is 5.26 Å². The third kappa shape index (κ3) is 4.72. The van der Waals surface area contributed by atoms with Crippen LogP contribution >= 0.6 is 23.2 Å². The van der Waals surface area contributed by atoms with Gasteiger partial charge in [-0.05, 0) is 35.9 Å². The van der Waals surface area contributed by atoms with E-state index in [-0.39, 0.29) is 16.5 Å². The SMILES string of the molecule is N#Cc1cc(CNc2ccc(OC(F)(F)Cl)cc2)cnc1Cl. The number of hydrogen-bond donors (Lipinski definition) is 1. The minimum absolute atomic E-state index is 0.0505. The predicted molar refractivity (Wildman–Crippen MR) is 79.2 cm³/mol. The molecule has 0 fully saturated rings. The van der Waals surface area contributed by atoms with Crippen LogP contribution in [0.25, 0.3) is 0 Å². The molecule has 0 aliphatic carbocycles. The number of rotatable bonds is 5. The lowest BCUT2D eigenvalue weighted by Gasteiger charge is -2.11. The Morgan fingerprint density at radius 2 is 2.00 bits per heavy atom. The van der Waals surface area contributed by atoms with E-state index in [0.29, 0.717) is 12.2 Å². The smallest absolute Gasteiger partial charge is 0.420 e. The summed E-state index contributed by atoms with van der Waals surface area (Å²) < 4.78 is 29.1. The second kappa shape index (κ2) is 6.77. The highest BCUT2D eigenvalue weighted by Crippen LogP contribution is 2.26. The monoisotopic (exact) mass is 343 g/mol. The number of benzene rings is 1. The van der Waals surface area contributed by atoms with E-state index in [1.54, 1.807) is 24.4 Å². The van der Waals surface area contributed by atoms with Gasteiger partial charge in [0.25, 0.3) is 0 Å². The number of nitriles is 1. The largest absolute Gasteiger partial charge is 0.487 e. The zero-order chi connectivity index (χ0) is 16.2. The molecule has 8 heteroatoms. The topological polar surface area (TPSA) is 57.9 Å². The predicted octanol–water partition coefficient (Wildman–Crippen LogP) is 4.39. The Hall–Kier alpha value is -2.10. The number of nitrogens with one attached hydrogen (secondary N) is 1. The molecule has 1 N–H and O–H groups in total. The van der Waals surface area contributed by atoms with Crippen LogP contribution in [0.4, 0.5) is 14.5 Å². The number of aromatic nitrogens is 1. The molecular weight excluding hydrogens is 335 g/mol. The molecule has 114 valence electrons. The first kappa shape index (κ1) is 16.3. The molecule has 2 aromatic rings. The summed E-state index contributed by atoms with van der Waals surface area (Å²) >= 11 is 10.4. The van der Waals surface area contributed by atoms with E-state index < -0.39 is 5.57 Å². The molecule has 1 aromatic heterocycles. The zero-order valence-corrected chi connectivity index (χ0v) is 12.5. The van der Waals surface area contributed by atoms with Crippen LogP contribution in [0.2, 0.25) is 5.15 Å². The van der Waals surface area contributed by atoms with Crippen LogP contribution in [0.1, 0.15) is 11.1 Å². The summed E-state index contributed by atoms with van der Waals surface area (Å²) in [6.07, 6.45) is 1.54. The van der Waals surface area contributed by atoms with Crippen LogP contribution in [-0.2, 0) is 6.54 Å². The first-order chi connectivity index (χ1) is 10.4. The first-order valence-electron chi connectivity index (χ1n) is 6.01. The normalized spacial score (nSPS) is 10.9. The molecule has 0 unspecified atom stereocenters. The molecule has 0 saturated carbocycles. The molecule has 1 aromatic carbocycles. The second-order valence-electron chi connectivity index (χ2n) is 4.22. The number of pyridine rings is 1. The number of anilines is 1. The molecule has 0 aliphatic heterocycles. The molecule has 4 nitrogen and oxygen atoms in total. The van der Waals surface area contributed by atoms with Crippen molar-refractivity contribution in [3.8, 4) is 11.8 Å². The van der Waals surface area contributed by atoms with E-state index in [4.69, 9.17) is 16.9 Å². The number of hydrogen-bond acceptors (Lipinski definition) is 4. The van der Waals surface area contributed by atoms with Gasteiger partial charge in [-0.3, -0.25) is 0 Å². The van der Waals surface area contributed by atoms with Crippen LogP contribution in [0.15, 0.2) is 36.5 Å². The van der Waals surface area contributed by atoms with Gasteiger partial charge in [0.15, 0.2) is 0 Å². The van der Waals surface area contributed by atoms with Gasteiger partial charge in [0.2, 0.25) is 0 Å². The number of alkyl halides is 3. The quantitative estimate of drug-likeness (QED) is 0.646. The molecule has 22 heavy (non-hydrogen) atoms. The van der Waals surface area contributed by atoms with Gasteiger partial charge < -0.3 is 10.1 Å². The van der Waals surface area contributed by atoms with Crippen molar-refractivity contribution < 1.29 is 13.5 Å². The van der Waals surface area contributed by atoms with Gasteiger partial charge >= 0.3 is 5.57 Å². The Balaban J connectivity index is 1.99. The zero-order valence-electron chi connectivity index (χ0n) is 11.0. The summed E-state index contributed by atoms with van der Waals surface area (Å²) in [6, 6.07) is 9.40. The molecule has 0 spiro atoms. The summed E-state index contributed by atoms with van der Waals surface area (Å²) in [6.45, 7) is 0.394. The van der Waals surface area contributed by atoms with Gasteiger partial charge in [0, 0.05) is 30.0 Å². The number of nitrogens with zero attached hydrogens (tertiary/aromatic N) is 2.